The first-order valence-electron chi connectivity index (χ1n) is 6.84. The molecule has 1 unspecified atom stereocenters. The topological polar surface area (TPSA) is 88.2 Å². The van der Waals surface area contributed by atoms with Crippen LogP contribution in [-0.2, 0) is 0 Å². The maximum absolute atomic E-state index is 10.8. The molecule has 0 aromatic heterocycles. The summed E-state index contributed by atoms with van der Waals surface area (Å²) in [5.41, 5.74) is 0.151. The molecular formula is C15H21N3O3. The van der Waals surface area contributed by atoms with Crippen LogP contribution in [0, 0.1) is 28.4 Å². The smallest absolute Gasteiger partial charge is 0.273 e. The molecule has 1 atom stereocenters. The van der Waals surface area contributed by atoms with Crippen molar-refractivity contribution in [3.8, 4) is 11.8 Å². The molecule has 0 spiro atoms. The number of nitriles is 1. The van der Waals surface area contributed by atoms with E-state index in [2.05, 4.69) is 11.4 Å². The first-order valence-corrected chi connectivity index (χ1v) is 6.84. The molecule has 114 valence electrons. The van der Waals surface area contributed by atoms with Crippen LogP contribution in [0.15, 0.2) is 18.2 Å². The first kappa shape index (κ1) is 16.9. The van der Waals surface area contributed by atoms with Crippen LogP contribution < -0.4 is 10.1 Å². The number of hydrogen-bond donors (Lipinski definition) is 1. The fourth-order valence-electron chi connectivity index (χ4n) is 2.02. The predicted molar refractivity (Wildman–Crippen MR) is 80.2 cm³/mol. The lowest BCUT2D eigenvalue weighted by molar-refractivity contribution is -0.384. The summed E-state index contributed by atoms with van der Waals surface area (Å²) < 4.78 is 5.61. The van der Waals surface area contributed by atoms with Crippen LogP contribution in [-0.4, -0.2) is 23.1 Å². The minimum Gasteiger partial charge on any atom is -0.493 e. The van der Waals surface area contributed by atoms with Gasteiger partial charge < -0.3 is 4.74 Å². The van der Waals surface area contributed by atoms with Crippen LogP contribution in [0.2, 0.25) is 0 Å². The fourth-order valence-corrected chi connectivity index (χ4v) is 2.02. The van der Waals surface area contributed by atoms with Gasteiger partial charge in [-0.05, 0) is 39.3 Å². The van der Waals surface area contributed by atoms with E-state index in [4.69, 9.17) is 4.74 Å². The van der Waals surface area contributed by atoms with Gasteiger partial charge in [-0.15, -0.1) is 0 Å². The van der Waals surface area contributed by atoms with E-state index in [9.17, 15) is 15.4 Å². The van der Waals surface area contributed by atoms with Gasteiger partial charge in [0.05, 0.1) is 23.7 Å². The molecule has 6 nitrogen and oxygen atoms in total. The third-order valence-electron chi connectivity index (χ3n) is 3.10. The van der Waals surface area contributed by atoms with E-state index in [0.717, 1.165) is 5.56 Å². The second kappa shape index (κ2) is 7.04. The van der Waals surface area contributed by atoms with Crippen LogP contribution in [0.3, 0.4) is 0 Å². The number of nitro groups is 1. The largest absolute Gasteiger partial charge is 0.493 e. The monoisotopic (exact) mass is 291 g/mol. The highest BCUT2D eigenvalue weighted by molar-refractivity contribution is 5.43. The summed E-state index contributed by atoms with van der Waals surface area (Å²) in [6.45, 7) is 7.90. The summed E-state index contributed by atoms with van der Waals surface area (Å²) in [5.74, 6) is 0.481. The molecule has 0 amide bonds. The van der Waals surface area contributed by atoms with Crippen LogP contribution in [0.1, 0.15) is 32.8 Å². The van der Waals surface area contributed by atoms with Crippen molar-refractivity contribution in [2.45, 2.75) is 45.7 Å². The second-order valence-electron chi connectivity index (χ2n) is 5.55. The van der Waals surface area contributed by atoms with Crippen molar-refractivity contribution in [1.82, 2.24) is 5.32 Å². The summed E-state index contributed by atoms with van der Waals surface area (Å²) in [6.07, 6.45) is 0.490. The Kier molecular flexibility index (Phi) is 5.68. The highest BCUT2D eigenvalue weighted by Crippen LogP contribution is 2.24. The van der Waals surface area contributed by atoms with E-state index >= 15 is 0 Å². The second-order valence-corrected chi connectivity index (χ2v) is 5.55. The van der Waals surface area contributed by atoms with E-state index in [0.29, 0.717) is 18.8 Å². The molecular weight excluding hydrogens is 270 g/mol. The summed E-state index contributed by atoms with van der Waals surface area (Å²) in [7, 11) is 0. The van der Waals surface area contributed by atoms with Crippen molar-refractivity contribution < 1.29 is 9.66 Å². The van der Waals surface area contributed by atoms with Crippen LogP contribution in [0.25, 0.3) is 0 Å². The molecule has 21 heavy (non-hydrogen) atoms. The average molecular weight is 291 g/mol. The Morgan fingerprint density at radius 3 is 2.71 bits per heavy atom. The molecule has 1 N–H and O–H groups in total. The number of ether oxygens (including phenoxy) is 1. The molecule has 0 heterocycles. The molecule has 0 aliphatic rings. The lowest BCUT2D eigenvalue weighted by atomic mass is 9.99. The van der Waals surface area contributed by atoms with Crippen molar-refractivity contribution in [2.75, 3.05) is 6.61 Å². The van der Waals surface area contributed by atoms with Crippen molar-refractivity contribution >= 4 is 5.69 Å². The zero-order valence-electron chi connectivity index (χ0n) is 12.8. The molecule has 0 aliphatic heterocycles. The van der Waals surface area contributed by atoms with Gasteiger partial charge in [0.25, 0.3) is 5.69 Å². The standard InChI is InChI=1S/C15H21N3O3/c1-11(2)17-15(4,10-16)7-8-21-14-9-13(18(19)20)6-5-12(14)3/h5-6,9,11,17H,7-8H2,1-4H3. The number of nitrogens with zero attached hydrogens (tertiary/aromatic N) is 2. The van der Waals surface area contributed by atoms with Crippen LogP contribution in [0.5, 0.6) is 5.75 Å². The van der Waals surface area contributed by atoms with Gasteiger partial charge in [-0.25, -0.2) is 0 Å². The highest BCUT2D eigenvalue weighted by atomic mass is 16.6. The van der Waals surface area contributed by atoms with E-state index in [1.807, 2.05) is 27.7 Å². The van der Waals surface area contributed by atoms with Gasteiger partial charge in [-0.3, -0.25) is 15.4 Å². The molecule has 1 aromatic carbocycles. The Morgan fingerprint density at radius 1 is 1.52 bits per heavy atom. The zero-order chi connectivity index (χ0) is 16.0. The minimum atomic E-state index is -0.678. The maximum Gasteiger partial charge on any atom is 0.273 e. The quantitative estimate of drug-likeness (QED) is 0.616. The Morgan fingerprint density at radius 2 is 2.19 bits per heavy atom. The number of rotatable bonds is 7. The minimum absolute atomic E-state index is 0.000972. The van der Waals surface area contributed by atoms with Gasteiger partial charge in [-0.2, -0.15) is 5.26 Å². The normalized spacial score (nSPS) is 13.5. The molecule has 0 bridgehead atoms. The number of nitrogens with one attached hydrogen (secondary N) is 1. The Hall–Kier alpha value is -2.13. The van der Waals surface area contributed by atoms with Crippen LogP contribution in [0.4, 0.5) is 5.69 Å². The van der Waals surface area contributed by atoms with Gasteiger partial charge >= 0.3 is 0 Å². The van der Waals surface area contributed by atoms with Gasteiger partial charge in [0.2, 0.25) is 0 Å². The predicted octanol–water partition coefficient (Wildman–Crippen LogP) is 2.95. The van der Waals surface area contributed by atoms with Crippen molar-refractivity contribution in [2.24, 2.45) is 0 Å². The molecule has 6 heteroatoms. The first-order chi connectivity index (χ1) is 9.77. The molecule has 0 saturated carbocycles. The van der Waals surface area contributed by atoms with E-state index < -0.39 is 10.5 Å². The maximum atomic E-state index is 10.8. The third kappa shape index (κ3) is 5.04. The molecule has 0 aliphatic carbocycles. The number of nitro benzene ring substituents is 1. The Labute approximate surface area is 124 Å². The molecule has 0 saturated heterocycles. The SMILES string of the molecule is Cc1ccc([N+](=O)[O-])cc1OCCC(C)(C#N)NC(C)C. The van der Waals surface area contributed by atoms with Crippen LogP contribution >= 0.6 is 0 Å². The van der Waals surface area contributed by atoms with Gasteiger partial charge in [0, 0.05) is 18.5 Å². The van der Waals surface area contributed by atoms with E-state index in [1.165, 1.54) is 12.1 Å². The number of non-ortho nitro benzene ring substituents is 1. The van der Waals surface area contributed by atoms with Gasteiger partial charge in [0.15, 0.2) is 0 Å². The van der Waals surface area contributed by atoms with E-state index in [-0.39, 0.29) is 11.7 Å². The van der Waals surface area contributed by atoms with Gasteiger partial charge in [-0.1, -0.05) is 0 Å². The summed E-state index contributed by atoms with van der Waals surface area (Å²) in [6, 6.07) is 6.94. The highest BCUT2D eigenvalue weighted by Gasteiger charge is 2.24. The summed E-state index contributed by atoms with van der Waals surface area (Å²) in [5, 5.41) is 23.2. The zero-order valence-corrected chi connectivity index (χ0v) is 12.8. The molecule has 1 rings (SSSR count). The van der Waals surface area contributed by atoms with Crippen molar-refractivity contribution in [3.05, 3.63) is 33.9 Å². The number of aryl methyl sites for hydroxylation is 1. The fraction of sp³-hybridized carbons (Fsp3) is 0.533. The summed E-state index contributed by atoms with van der Waals surface area (Å²) >= 11 is 0. The van der Waals surface area contributed by atoms with E-state index in [1.54, 1.807) is 6.07 Å². The molecule has 0 fully saturated rings. The molecule has 1 aromatic rings. The lowest BCUT2D eigenvalue weighted by Crippen LogP contribution is -2.45. The molecule has 0 radical (unpaired) electrons. The number of benzene rings is 1. The third-order valence-corrected chi connectivity index (χ3v) is 3.10. The lowest BCUT2D eigenvalue weighted by Gasteiger charge is -2.25. The van der Waals surface area contributed by atoms with Crippen molar-refractivity contribution in [1.29, 1.82) is 5.26 Å². The average Bonchev–Trinajstić information content (AvgIpc) is 2.39. The Balaban J connectivity index is 2.69. The van der Waals surface area contributed by atoms with Gasteiger partial charge in [0.1, 0.15) is 11.3 Å². The summed E-state index contributed by atoms with van der Waals surface area (Å²) in [4.78, 5) is 10.3. The Bertz CT molecular complexity index is 552. The number of hydrogen-bond acceptors (Lipinski definition) is 5. The van der Waals surface area contributed by atoms with Crippen molar-refractivity contribution in [3.63, 3.8) is 0 Å².